The van der Waals surface area contributed by atoms with E-state index in [4.69, 9.17) is 0 Å². The van der Waals surface area contributed by atoms with Crippen LogP contribution in [-0.2, 0) is 0 Å². The predicted molar refractivity (Wildman–Crippen MR) is 49.4 cm³/mol. The Morgan fingerprint density at radius 2 is 2.18 bits per heavy atom. The van der Waals surface area contributed by atoms with Crippen molar-refractivity contribution < 1.29 is 0 Å². The van der Waals surface area contributed by atoms with Crippen LogP contribution in [0, 0.1) is 5.92 Å². The summed E-state index contributed by atoms with van der Waals surface area (Å²) in [4.78, 5) is 0. The van der Waals surface area contributed by atoms with Gasteiger partial charge in [-0.1, -0.05) is 13.0 Å². The summed E-state index contributed by atoms with van der Waals surface area (Å²) < 4.78 is 0. The molecule has 1 heteroatoms. The van der Waals surface area contributed by atoms with E-state index in [2.05, 4.69) is 39.1 Å². The topological polar surface area (TPSA) is 12.0 Å². The van der Waals surface area contributed by atoms with Crippen LogP contribution in [0.15, 0.2) is 11.8 Å². The SMILES string of the molecule is C/C=C1/CC(C)CC(C)(C)N1. The molecule has 0 spiro atoms. The van der Waals surface area contributed by atoms with Crippen molar-refractivity contribution >= 4 is 0 Å². The first kappa shape index (κ1) is 8.63. The molecule has 1 atom stereocenters. The van der Waals surface area contributed by atoms with E-state index in [0.717, 1.165) is 5.92 Å². The molecule has 1 aliphatic rings. The molecular weight excluding hydrogens is 134 g/mol. The second-order valence-corrected chi connectivity index (χ2v) is 4.34. The van der Waals surface area contributed by atoms with Crippen LogP contribution in [0.1, 0.15) is 40.5 Å². The molecule has 0 amide bonds. The molecule has 1 unspecified atom stereocenters. The third-order valence-electron chi connectivity index (χ3n) is 2.27. The predicted octanol–water partition coefficient (Wildman–Crippen LogP) is 2.69. The second kappa shape index (κ2) is 2.88. The van der Waals surface area contributed by atoms with Crippen molar-refractivity contribution in [3.63, 3.8) is 0 Å². The van der Waals surface area contributed by atoms with E-state index in [0.29, 0.717) is 5.54 Å². The van der Waals surface area contributed by atoms with Crippen LogP contribution in [0.25, 0.3) is 0 Å². The van der Waals surface area contributed by atoms with Gasteiger partial charge in [0.05, 0.1) is 0 Å². The molecule has 0 saturated carbocycles. The molecule has 0 radical (unpaired) electrons. The molecule has 1 saturated heterocycles. The lowest BCUT2D eigenvalue weighted by Gasteiger charge is -2.37. The third kappa shape index (κ3) is 2.25. The van der Waals surface area contributed by atoms with Gasteiger partial charge in [0.1, 0.15) is 0 Å². The van der Waals surface area contributed by atoms with Crippen LogP contribution >= 0.6 is 0 Å². The molecule has 0 bridgehead atoms. The minimum Gasteiger partial charge on any atom is -0.384 e. The summed E-state index contributed by atoms with van der Waals surface area (Å²) in [5.74, 6) is 0.831. The standard InChI is InChI=1S/C10H19N/c1-5-9-6-8(2)7-10(3,4)11-9/h5,8,11H,6-7H2,1-4H3/b9-5-. The Morgan fingerprint density at radius 1 is 1.55 bits per heavy atom. The van der Waals surface area contributed by atoms with Gasteiger partial charge in [-0.15, -0.1) is 0 Å². The summed E-state index contributed by atoms with van der Waals surface area (Å²) in [5.41, 5.74) is 1.72. The van der Waals surface area contributed by atoms with E-state index >= 15 is 0 Å². The lowest BCUT2D eigenvalue weighted by Crippen LogP contribution is -2.44. The minimum absolute atomic E-state index is 0.305. The van der Waals surface area contributed by atoms with Crippen LogP contribution in [0.2, 0.25) is 0 Å². The molecular formula is C10H19N. The fourth-order valence-electron chi connectivity index (χ4n) is 2.05. The summed E-state index contributed by atoms with van der Waals surface area (Å²) in [7, 11) is 0. The van der Waals surface area contributed by atoms with Crippen LogP contribution in [0.4, 0.5) is 0 Å². The molecule has 1 fully saturated rings. The van der Waals surface area contributed by atoms with Crippen molar-refractivity contribution in [1.29, 1.82) is 0 Å². The highest BCUT2D eigenvalue weighted by Crippen LogP contribution is 2.28. The number of allylic oxidation sites excluding steroid dienone is 2. The fraction of sp³-hybridized carbons (Fsp3) is 0.800. The molecule has 0 aromatic heterocycles. The van der Waals surface area contributed by atoms with Gasteiger partial charge < -0.3 is 5.32 Å². The Kier molecular flexibility index (Phi) is 2.26. The zero-order valence-corrected chi connectivity index (χ0v) is 8.07. The van der Waals surface area contributed by atoms with Gasteiger partial charge in [-0.2, -0.15) is 0 Å². The smallest absolute Gasteiger partial charge is 0.0317 e. The van der Waals surface area contributed by atoms with Gasteiger partial charge in [-0.05, 0) is 39.5 Å². The quantitative estimate of drug-likeness (QED) is 0.564. The molecule has 0 aromatic rings. The summed E-state index contributed by atoms with van der Waals surface area (Å²) in [6.45, 7) is 8.97. The second-order valence-electron chi connectivity index (χ2n) is 4.34. The largest absolute Gasteiger partial charge is 0.384 e. The fourth-order valence-corrected chi connectivity index (χ4v) is 2.05. The number of hydrogen-bond acceptors (Lipinski definition) is 1. The monoisotopic (exact) mass is 153 g/mol. The van der Waals surface area contributed by atoms with Crippen molar-refractivity contribution in [2.24, 2.45) is 5.92 Å². The maximum Gasteiger partial charge on any atom is 0.0317 e. The van der Waals surface area contributed by atoms with Gasteiger partial charge in [0.2, 0.25) is 0 Å². The lowest BCUT2D eigenvalue weighted by molar-refractivity contribution is 0.278. The average molecular weight is 153 g/mol. The summed E-state index contributed by atoms with van der Waals surface area (Å²) in [5, 5.41) is 3.53. The molecule has 11 heavy (non-hydrogen) atoms. The lowest BCUT2D eigenvalue weighted by atomic mass is 9.84. The highest BCUT2D eigenvalue weighted by atomic mass is 15.0. The van der Waals surface area contributed by atoms with E-state index in [9.17, 15) is 0 Å². The van der Waals surface area contributed by atoms with Gasteiger partial charge in [-0.3, -0.25) is 0 Å². The van der Waals surface area contributed by atoms with Gasteiger partial charge in [-0.25, -0.2) is 0 Å². The van der Waals surface area contributed by atoms with Crippen molar-refractivity contribution in [2.75, 3.05) is 0 Å². The van der Waals surface area contributed by atoms with E-state index in [-0.39, 0.29) is 0 Å². The van der Waals surface area contributed by atoms with Crippen LogP contribution < -0.4 is 5.32 Å². The van der Waals surface area contributed by atoms with Crippen LogP contribution in [-0.4, -0.2) is 5.54 Å². The van der Waals surface area contributed by atoms with E-state index in [1.165, 1.54) is 18.5 Å². The normalized spacial score (nSPS) is 33.5. The van der Waals surface area contributed by atoms with Crippen molar-refractivity contribution in [2.45, 2.75) is 46.1 Å². The number of nitrogens with one attached hydrogen (secondary N) is 1. The van der Waals surface area contributed by atoms with Crippen molar-refractivity contribution in [3.05, 3.63) is 11.8 Å². The van der Waals surface area contributed by atoms with Crippen LogP contribution in [0.5, 0.6) is 0 Å². The average Bonchev–Trinajstić information content (AvgIpc) is 1.83. The van der Waals surface area contributed by atoms with Crippen LogP contribution in [0.3, 0.4) is 0 Å². The zero-order valence-electron chi connectivity index (χ0n) is 8.07. The van der Waals surface area contributed by atoms with Crippen molar-refractivity contribution in [3.8, 4) is 0 Å². The van der Waals surface area contributed by atoms with E-state index in [1.54, 1.807) is 0 Å². The van der Waals surface area contributed by atoms with Gasteiger partial charge >= 0.3 is 0 Å². The highest BCUT2D eigenvalue weighted by Gasteiger charge is 2.26. The first-order valence-corrected chi connectivity index (χ1v) is 4.47. The molecule has 1 nitrogen and oxygen atoms in total. The maximum atomic E-state index is 3.53. The van der Waals surface area contributed by atoms with E-state index in [1.807, 2.05) is 0 Å². The Bertz CT molecular complexity index is 168. The molecule has 1 aliphatic heterocycles. The Hall–Kier alpha value is -0.460. The summed E-state index contributed by atoms with van der Waals surface area (Å²) >= 11 is 0. The molecule has 1 rings (SSSR count). The minimum atomic E-state index is 0.305. The molecule has 64 valence electrons. The molecule has 1 N–H and O–H groups in total. The van der Waals surface area contributed by atoms with Gasteiger partial charge in [0, 0.05) is 11.2 Å². The molecule has 1 heterocycles. The summed E-state index contributed by atoms with van der Waals surface area (Å²) in [6, 6.07) is 0. The number of piperidine rings is 1. The molecule has 0 aliphatic carbocycles. The number of hydrogen-bond donors (Lipinski definition) is 1. The van der Waals surface area contributed by atoms with E-state index < -0.39 is 0 Å². The first-order valence-electron chi connectivity index (χ1n) is 4.47. The number of rotatable bonds is 0. The highest BCUT2D eigenvalue weighted by molar-refractivity contribution is 5.07. The first-order chi connectivity index (χ1) is 5.03. The van der Waals surface area contributed by atoms with Gasteiger partial charge in [0.15, 0.2) is 0 Å². The Morgan fingerprint density at radius 3 is 2.64 bits per heavy atom. The zero-order chi connectivity index (χ0) is 8.48. The third-order valence-corrected chi connectivity index (χ3v) is 2.27. The molecule has 0 aromatic carbocycles. The summed E-state index contributed by atoms with van der Waals surface area (Å²) in [6.07, 6.45) is 4.70. The Balaban J connectivity index is 2.66. The van der Waals surface area contributed by atoms with Crippen molar-refractivity contribution in [1.82, 2.24) is 5.32 Å². The van der Waals surface area contributed by atoms with Gasteiger partial charge in [0.25, 0.3) is 0 Å². The Labute approximate surface area is 69.9 Å². The maximum absolute atomic E-state index is 3.53.